The summed E-state index contributed by atoms with van der Waals surface area (Å²) < 4.78 is 1.56. The molecule has 2 heterocycles. The number of aromatic amines is 1. The SMILES string of the molecule is Cn1c(C(=O)NCCCc2ncc[nH]2)cc(Cl)c1Cl. The molecule has 2 rings (SSSR count). The first-order valence-corrected chi connectivity index (χ1v) is 6.62. The van der Waals surface area contributed by atoms with Crippen molar-refractivity contribution in [2.45, 2.75) is 12.8 Å². The zero-order valence-corrected chi connectivity index (χ0v) is 11.9. The summed E-state index contributed by atoms with van der Waals surface area (Å²) in [5, 5.41) is 3.57. The van der Waals surface area contributed by atoms with Gasteiger partial charge in [-0.15, -0.1) is 0 Å². The zero-order valence-electron chi connectivity index (χ0n) is 10.4. The number of aryl methyl sites for hydroxylation is 1. The van der Waals surface area contributed by atoms with Gasteiger partial charge in [0.1, 0.15) is 16.7 Å². The molecule has 2 N–H and O–H groups in total. The largest absolute Gasteiger partial charge is 0.351 e. The van der Waals surface area contributed by atoms with Crippen molar-refractivity contribution in [3.63, 3.8) is 0 Å². The van der Waals surface area contributed by atoms with Crippen molar-refractivity contribution in [3.05, 3.63) is 40.2 Å². The second-order valence-electron chi connectivity index (χ2n) is 4.12. The standard InChI is InChI=1S/C12H14Cl2N4O/c1-18-9(7-8(13)11(18)14)12(19)17-4-2-3-10-15-5-6-16-10/h5-7H,2-4H2,1H3,(H,15,16)(H,17,19). The molecule has 0 saturated heterocycles. The summed E-state index contributed by atoms with van der Waals surface area (Å²) in [6.45, 7) is 0.569. The molecule has 0 aromatic carbocycles. The number of imidazole rings is 1. The molecular weight excluding hydrogens is 287 g/mol. The number of carbonyl (C=O) groups excluding carboxylic acids is 1. The molecule has 0 aliphatic rings. The Hall–Kier alpha value is -1.46. The zero-order chi connectivity index (χ0) is 13.8. The second-order valence-corrected chi connectivity index (χ2v) is 4.89. The summed E-state index contributed by atoms with van der Waals surface area (Å²) in [4.78, 5) is 19.0. The maximum atomic E-state index is 11.9. The van der Waals surface area contributed by atoms with Crippen LogP contribution in [-0.4, -0.2) is 27.0 Å². The summed E-state index contributed by atoms with van der Waals surface area (Å²) >= 11 is 11.8. The number of hydrogen-bond acceptors (Lipinski definition) is 2. The van der Waals surface area contributed by atoms with Gasteiger partial charge in [0.2, 0.25) is 0 Å². The van der Waals surface area contributed by atoms with E-state index in [0.29, 0.717) is 22.4 Å². The maximum absolute atomic E-state index is 11.9. The van der Waals surface area contributed by atoms with Gasteiger partial charge in [-0.1, -0.05) is 23.2 Å². The van der Waals surface area contributed by atoms with Gasteiger partial charge in [0.15, 0.2) is 0 Å². The minimum Gasteiger partial charge on any atom is -0.351 e. The number of halogens is 2. The van der Waals surface area contributed by atoms with Crippen LogP contribution in [-0.2, 0) is 13.5 Å². The van der Waals surface area contributed by atoms with Gasteiger partial charge >= 0.3 is 0 Å². The van der Waals surface area contributed by atoms with Gasteiger partial charge in [0.05, 0.1) is 5.02 Å². The first kappa shape index (κ1) is 14.0. The molecule has 0 atom stereocenters. The van der Waals surface area contributed by atoms with E-state index in [1.54, 1.807) is 30.1 Å². The molecule has 19 heavy (non-hydrogen) atoms. The first-order chi connectivity index (χ1) is 9.09. The van der Waals surface area contributed by atoms with Crippen molar-refractivity contribution >= 4 is 29.1 Å². The minimum atomic E-state index is -0.184. The summed E-state index contributed by atoms with van der Waals surface area (Å²) in [5.74, 6) is 0.731. The van der Waals surface area contributed by atoms with Crippen LogP contribution in [0.5, 0.6) is 0 Å². The Kier molecular flexibility index (Phi) is 4.50. The molecule has 2 aromatic heterocycles. The summed E-state index contributed by atoms with van der Waals surface area (Å²) in [6, 6.07) is 1.56. The number of carbonyl (C=O) groups is 1. The third-order valence-corrected chi connectivity index (χ3v) is 3.62. The lowest BCUT2D eigenvalue weighted by Gasteiger charge is -2.05. The number of aromatic nitrogens is 3. The van der Waals surface area contributed by atoms with Crippen LogP contribution in [0.2, 0.25) is 10.2 Å². The summed E-state index contributed by atoms with van der Waals surface area (Å²) in [5.41, 5.74) is 0.452. The van der Waals surface area contributed by atoms with Crippen LogP contribution in [0.3, 0.4) is 0 Å². The number of nitrogens with zero attached hydrogens (tertiary/aromatic N) is 2. The Morgan fingerprint density at radius 1 is 1.53 bits per heavy atom. The van der Waals surface area contributed by atoms with Gasteiger partial charge < -0.3 is 14.9 Å². The average molecular weight is 301 g/mol. The lowest BCUT2D eigenvalue weighted by Crippen LogP contribution is -2.26. The smallest absolute Gasteiger partial charge is 0.267 e. The van der Waals surface area contributed by atoms with Crippen LogP contribution < -0.4 is 5.32 Å². The summed E-state index contributed by atoms with van der Waals surface area (Å²) in [7, 11) is 1.70. The van der Waals surface area contributed by atoms with E-state index < -0.39 is 0 Å². The molecular formula is C12H14Cl2N4O. The number of hydrogen-bond donors (Lipinski definition) is 2. The Balaban J connectivity index is 1.82. The maximum Gasteiger partial charge on any atom is 0.267 e. The highest BCUT2D eigenvalue weighted by atomic mass is 35.5. The van der Waals surface area contributed by atoms with E-state index in [4.69, 9.17) is 23.2 Å². The van der Waals surface area contributed by atoms with Crippen LogP contribution in [0.15, 0.2) is 18.5 Å². The van der Waals surface area contributed by atoms with E-state index in [2.05, 4.69) is 15.3 Å². The van der Waals surface area contributed by atoms with Crippen molar-refractivity contribution in [2.24, 2.45) is 7.05 Å². The van der Waals surface area contributed by atoms with Crippen LogP contribution >= 0.6 is 23.2 Å². The van der Waals surface area contributed by atoms with Gasteiger partial charge in [-0.2, -0.15) is 0 Å². The van der Waals surface area contributed by atoms with Gasteiger partial charge in [0.25, 0.3) is 5.91 Å². The van der Waals surface area contributed by atoms with E-state index >= 15 is 0 Å². The third-order valence-electron chi connectivity index (χ3n) is 2.78. The fourth-order valence-electron chi connectivity index (χ4n) is 1.74. The molecule has 2 aromatic rings. The molecule has 5 nitrogen and oxygen atoms in total. The normalized spacial score (nSPS) is 10.7. The monoisotopic (exact) mass is 300 g/mol. The lowest BCUT2D eigenvalue weighted by atomic mass is 10.3. The van der Waals surface area contributed by atoms with Crippen molar-refractivity contribution in [1.29, 1.82) is 0 Å². The number of nitrogens with one attached hydrogen (secondary N) is 2. The van der Waals surface area contributed by atoms with Gasteiger partial charge in [-0.3, -0.25) is 4.79 Å². The van der Waals surface area contributed by atoms with Crippen LogP contribution in [0, 0.1) is 0 Å². The molecule has 1 amide bonds. The number of H-pyrrole nitrogens is 1. The molecule has 0 aliphatic heterocycles. The van der Waals surface area contributed by atoms with Crippen LogP contribution in [0.1, 0.15) is 22.7 Å². The van der Waals surface area contributed by atoms with E-state index in [-0.39, 0.29) is 5.91 Å². The fourth-order valence-corrected chi connectivity index (χ4v) is 2.12. The van der Waals surface area contributed by atoms with Crippen molar-refractivity contribution in [1.82, 2.24) is 19.9 Å². The predicted octanol–water partition coefficient (Wildman–Crippen LogP) is 2.42. The fraction of sp³-hybridized carbons (Fsp3) is 0.333. The number of amides is 1. The number of rotatable bonds is 5. The minimum absolute atomic E-state index is 0.184. The molecule has 0 unspecified atom stereocenters. The molecule has 0 aliphatic carbocycles. The van der Waals surface area contributed by atoms with Gasteiger partial charge in [-0.05, 0) is 12.5 Å². The van der Waals surface area contributed by atoms with Gasteiger partial charge in [0, 0.05) is 32.4 Å². The third kappa shape index (κ3) is 3.30. The molecule has 0 spiro atoms. The molecule has 0 radical (unpaired) electrons. The molecule has 0 fully saturated rings. The van der Waals surface area contributed by atoms with E-state index in [1.165, 1.54) is 0 Å². The van der Waals surface area contributed by atoms with Crippen molar-refractivity contribution in [3.8, 4) is 0 Å². The first-order valence-electron chi connectivity index (χ1n) is 5.86. The Morgan fingerprint density at radius 3 is 2.89 bits per heavy atom. The predicted molar refractivity (Wildman–Crippen MR) is 74.7 cm³/mol. The molecule has 0 saturated carbocycles. The Bertz CT molecular complexity index is 563. The quantitative estimate of drug-likeness (QED) is 0.833. The van der Waals surface area contributed by atoms with Crippen molar-refractivity contribution < 1.29 is 4.79 Å². The van der Waals surface area contributed by atoms with E-state index in [1.807, 2.05) is 0 Å². The Labute approximate surface area is 120 Å². The van der Waals surface area contributed by atoms with Crippen LogP contribution in [0.4, 0.5) is 0 Å². The molecule has 7 heteroatoms. The van der Waals surface area contributed by atoms with Crippen LogP contribution in [0.25, 0.3) is 0 Å². The highest BCUT2D eigenvalue weighted by Gasteiger charge is 2.15. The molecule has 0 bridgehead atoms. The van der Waals surface area contributed by atoms with Gasteiger partial charge in [-0.25, -0.2) is 4.98 Å². The molecule has 102 valence electrons. The average Bonchev–Trinajstić information content (AvgIpc) is 2.99. The Morgan fingerprint density at radius 2 is 2.32 bits per heavy atom. The second kappa shape index (κ2) is 6.12. The van der Waals surface area contributed by atoms with E-state index in [0.717, 1.165) is 18.7 Å². The van der Waals surface area contributed by atoms with Crippen molar-refractivity contribution in [2.75, 3.05) is 6.54 Å². The lowest BCUT2D eigenvalue weighted by molar-refractivity contribution is 0.0945. The highest BCUT2D eigenvalue weighted by Crippen LogP contribution is 2.24. The van der Waals surface area contributed by atoms with E-state index in [9.17, 15) is 4.79 Å². The summed E-state index contributed by atoms with van der Waals surface area (Å²) in [6.07, 6.45) is 5.09. The highest BCUT2D eigenvalue weighted by molar-refractivity contribution is 6.41. The topological polar surface area (TPSA) is 62.7 Å².